The van der Waals surface area contributed by atoms with Gasteiger partial charge in [0.25, 0.3) is 17.5 Å². The van der Waals surface area contributed by atoms with Gasteiger partial charge in [-0.2, -0.15) is 5.10 Å². The molecule has 1 aliphatic heterocycles. The second kappa shape index (κ2) is 11.8. The number of rotatable bonds is 8. The third-order valence-corrected chi connectivity index (χ3v) is 6.13. The standard InChI is InChI=1S/C24H29ClN6O4/c1-16(2)22(27-23(32)19-6-4-5-7-20(19)25)24(33)28-26-15-17-14-18(31(34)35)8-9-21(17)30-12-10-29(3)11-13-30/h4-9,14-16,22H,10-13H2,1-3H3,(H,27,32)(H,28,33)/b26-15+. The summed E-state index contributed by atoms with van der Waals surface area (Å²) in [6.45, 7) is 6.87. The molecule has 0 radical (unpaired) electrons. The summed E-state index contributed by atoms with van der Waals surface area (Å²) in [5.41, 5.74) is 3.98. The number of nitro benzene ring substituents is 1. The van der Waals surface area contributed by atoms with Crippen LogP contribution in [-0.4, -0.2) is 67.1 Å². The zero-order valence-corrected chi connectivity index (χ0v) is 20.7. The van der Waals surface area contributed by atoms with Crippen LogP contribution in [0.4, 0.5) is 11.4 Å². The Kier molecular flexibility index (Phi) is 8.78. The number of amides is 2. The molecule has 1 fully saturated rings. The Hall–Kier alpha value is -3.50. The monoisotopic (exact) mass is 500 g/mol. The molecule has 10 nitrogen and oxygen atoms in total. The fourth-order valence-electron chi connectivity index (χ4n) is 3.73. The molecule has 2 N–H and O–H groups in total. The van der Waals surface area contributed by atoms with E-state index in [0.717, 1.165) is 31.9 Å². The number of nitrogens with one attached hydrogen (secondary N) is 2. The van der Waals surface area contributed by atoms with Gasteiger partial charge in [0, 0.05) is 49.6 Å². The number of carbonyl (C=O) groups is 2. The third-order valence-electron chi connectivity index (χ3n) is 5.80. The highest BCUT2D eigenvalue weighted by molar-refractivity contribution is 6.33. The summed E-state index contributed by atoms with van der Waals surface area (Å²) in [5.74, 6) is -1.21. The van der Waals surface area contributed by atoms with Crippen molar-refractivity contribution in [1.82, 2.24) is 15.6 Å². The lowest BCUT2D eigenvalue weighted by molar-refractivity contribution is -0.384. The largest absolute Gasteiger partial charge is 0.368 e. The molecule has 2 amide bonds. The van der Waals surface area contributed by atoms with Crippen molar-refractivity contribution in [3.8, 4) is 0 Å². The molecule has 0 saturated carbocycles. The van der Waals surface area contributed by atoms with Crippen molar-refractivity contribution < 1.29 is 14.5 Å². The van der Waals surface area contributed by atoms with Crippen LogP contribution in [0.5, 0.6) is 0 Å². The molecule has 3 rings (SSSR count). The van der Waals surface area contributed by atoms with Crippen molar-refractivity contribution in [2.24, 2.45) is 11.0 Å². The minimum Gasteiger partial charge on any atom is -0.368 e. The van der Waals surface area contributed by atoms with E-state index in [9.17, 15) is 19.7 Å². The number of carbonyl (C=O) groups excluding carboxylic acids is 2. The van der Waals surface area contributed by atoms with Gasteiger partial charge in [0.1, 0.15) is 6.04 Å². The molecule has 186 valence electrons. The third kappa shape index (κ3) is 6.77. The quantitative estimate of drug-likeness (QED) is 0.326. The van der Waals surface area contributed by atoms with Crippen molar-refractivity contribution in [2.75, 3.05) is 38.1 Å². The molecular weight excluding hydrogens is 472 g/mol. The summed E-state index contributed by atoms with van der Waals surface area (Å²) in [5, 5.41) is 18.3. The molecule has 35 heavy (non-hydrogen) atoms. The fourth-order valence-corrected chi connectivity index (χ4v) is 3.95. The molecule has 0 aliphatic carbocycles. The van der Waals surface area contributed by atoms with Gasteiger partial charge in [-0.25, -0.2) is 5.43 Å². The molecule has 1 unspecified atom stereocenters. The first-order valence-electron chi connectivity index (χ1n) is 11.3. The van der Waals surface area contributed by atoms with Crippen LogP contribution < -0.4 is 15.6 Å². The lowest BCUT2D eigenvalue weighted by Crippen LogP contribution is -2.48. The molecular formula is C24H29ClN6O4. The number of hydrogen-bond acceptors (Lipinski definition) is 7. The molecule has 0 spiro atoms. The molecule has 1 saturated heterocycles. The van der Waals surface area contributed by atoms with Crippen molar-refractivity contribution in [3.63, 3.8) is 0 Å². The van der Waals surface area contributed by atoms with Gasteiger partial charge in [-0.1, -0.05) is 37.6 Å². The Labute approximate surface area is 209 Å². The maximum atomic E-state index is 12.8. The lowest BCUT2D eigenvalue weighted by Gasteiger charge is -2.34. The first kappa shape index (κ1) is 26.1. The van der Waals surface area contributed by atoms with Gasteiger partial charge < -0.3 is 15.1 Å². The molecule has 2 aromatic rings. The minimum atomic E-state index is -0.863. The number of halogens is 1. The first-order valence-corrected chi connectivity index (χ1v) is 11.7. The number of hydrazone groups is 1. The van der Waals surface area contributed by atoms with Crippen LogP contribution >= 0.6 is 11.6 Å². The van der Waals surface area contributed by atoms with Crippen LogP contribution in [0.1, 0.15) is 29.8 Å². The van der Waals surface area contributed by atoms with Crippen molar-refractivity contribution in [1.29, 1.82) is 0 Å². The molecule has 2 aromatic carbocycles. The molecule has 1 heterocycles. The summed E-state index contributed by atoms with van der Waals surface area (Å²) in [6.07, 6.45) is 1.39. The van der Waals surface area contributed by atoms with Gasteiger partial charge in [0.05, 0.1) is 21.7 Å². The number of likely N-dealkylation sites (N-methyl/N-ethyl adjacent to an activating group) is 1. The van der Waals surface area contributed by atoms with E-state index in [1.165, 1.54) is 18.3 Å². The van der Waals surface area contributed by atoms with E-state index in [4.69, 9.17) is 11.6 Å². The zero-order valence-electron chi connectivity index (χ0n) is 19.9. The second-order valence-electron chi connectivity index (χ2n) is 8.70. The highest BCUT2D eigenvalue weighted by atomic mass is 35.5. The Balaban J connectivity index is 1.75. The lowest BCUT2D eigenvalue weighted by atomic mass is 10.0. The van der Waals surface area contributed by atoms with Gasteiger partial charge in [-0.3, -0.25) is 19.7 Å². The van der Waals surface area contributed by atoms with Crippen LogP contribution in [0.2, 0.25) is 5.02 Å². The van der Waals surface area contributed by atoms with Crippen molar-refractivity contribution in [2.45, 2.75) is 19.9 Å². The SMILES string of the molecule is CC(C)C(NC(=O)c1ccccc1Cl)C(=O)N/N=C/c1cc([N+](=O)[O-])ccc1N1CCN(C)CC1. The molecule has 11 heteroatoms. The van der Waals surface area contributed by atoms with Crippen LogP contribution in [0, 0.1) is 16.0 Å². The smallest absolute Gasteiger partial charge is 0.270 e. The topological polar surface area (TPSA) is 120 Å². The number of anilines is 1. The average Bonchev–Trinajstić information content (AvgIpc) is 2.83. The van der Waals surface area contributed by atoms with Crippen LogP contribution in [0.25, 0.3) is 0 Å². The summed E-state index contributed by atoms with van der Waals surface area (Å²) in [6, 6.07) is 10.3. The van der Waals surface area contributed by atoms with Crippen molar-refractivity contribution >= 4 is 41.0 Å². The summed E-state index contributed by atoms with van der Waals surface area (Å²) >= 11 is 6.10. The van der Waals surface area contributed by atoms with Crippen molar-refractivity contribution in [3.05, 3.63) is 68.7 Å². The predicted octanol–water partition coefficient (Wildman–Crippen LogP) is 2.90. The minimum absolute atomic E-state index is 0.0669. The zero-order chi connectivity index (χ0) is 25.5. The number of benzene rings is 2. The average molecular weight is 501 g/mol. The summed E-state index contributed by atoms with van der Waals surface area (Å²) < 4.78 is 0. The number of non-ortho nitro benzene ring substituents is 1. The normalized spacial score (nSPS) is 15.3. The number of hydrogen-bond donors (Lipinski definition) is 2. The van der Waals surface area contributed by atoms with E-state index in [1.54, 1.807) is 44.2 Å². The molecule has 1 atom stereocenters. The number of nitrogens with zero attached hydrogens (tertiary/aromatic N) is 4. The van der Waals surface area contributed by atoms with E-state index < -0.39 is 22.8 Å². The van der Waals surface area contributed by atoms with E-state index in [-0.39, 0.29) is 22.2 Å². The maximum Gasteiger partial charge on any atom is 0.270 e. The Morgan fingerprint density at radius 3 is 2.46 bits per heavy atom. The fraction of sp³-hybridized carbons (Fsp3) is 0.375. The second-order valence-corrected chi connectivity index (χ2v) is 9.11. The van der Waals surface area contributed by atoms with Gasteiger partial charge in [0.15, 0.2) is 0 Å². The number of piperazine rings is 1. The Morgan fingerprint density at radius 2 is 1.83 bits per heavy atom. The first-order chi connectivity index (χ1) is 16.7. The van der Waals surface area contributed by atoms with Gasteiger partial charge in [0.2, 0.25) is 0 Å². The Bertz CT molecular complexity index is 1110. The summed E-state index contributed by atoms with van der Waals surface area (Å²) in [7, 11) is 2.04. The molecule has 1 aliphatic rings. The maximum absolute atomic E-state index is 12.8. The highest BCUT2D eigenvalue weighted by Crippen LogP contribution is 2.25. The van der Waals surface area contributed by atoms with Gasteiger partial charge in [-0.05, 0) is 31.2 Å². The van der Waals surface area contributed by atoms with Gasteiger partial charge >= 0.3 is 0 Å². The van der Waals surface area contributed by atoms with E-state index in [0.29, 0.717) is 5.56 Å². The van der Waals surface area contributed by atoms with E-state index in [2.05, 4.69) is 25.6 Å². The summed E-state index contributed by atoms with van der Waals surface area (Å²) in [4.78, 5) is 40.6. The highest BCUT2D eigenvalue weighted by Gasteiger charge is 2.25. The molecule has 0 bridgehead atoms. The number of nitro groups is 1. The molecule has 0 aromatic heterocycles. The van der Waals surface area contributed by atoms with E-state index >= 15 is 0 Å². The van der Waals surface area contributed by atoms with Crippen LogP contribution in [-0.2, 0) is 4.79 Å². The van der Waals surface area contributed by atoms with Crippen LogP contribution in [0.3, 0.4) is 0 Å². The predicted molar refractivity (Wildman–Crippen MR) is 136 cm³/mol. The van der Waals surface area contributed by atoms with Crippen LogP contribution in [0.15, 0.2) is 47.6 Å². The Morgan fingerprint density at radius 1 is 1.14 bits per heavy atom. The van der Waals surface area contributed by atoms with E-state index in [1.807, 2.05) is 7.05 Å². The van der Waals surface area contributed by atoms with Gasteiger partial charge in [-0.15, -0.1) is 0 Å².